The summed E-state index contributed by atoms with van der Waals surface area (Å²) in [4.78, 5) is 4.63. The Morgan fingerprint density at radius 1 is 1.04 bits per heavy atom. The Balaban J connectivity index is 0.00000338. The van der Waals surface area contributed by atoms with Crippen LogP contribution in [-0.2, 0) is 13.1 Å². The van der Waals surface area contributed by atoms with Crippen LogP contribution in [-0.4, -0.2) is 26.7 Å². The van der Waals surface area contributed by atoms with Gasteiger partial charge in [-0.15, -0.1) is 24.0 Å². The lowest BCUT2D eigenvalue weighted by Gasteiger charge is -2.12. The van der Waals surface area contributed by atoms with E-state index >= 15 is 0 Å². The van der Waals surface area contributed by atoms with Crippen molar-refractivity contribution in [1.82, 2.24) is 10.6 Å². The zero-order valence-electron chi connectivity index (χ0n) is 15.2. The van der Waals surface area contributed by atoms with Crippen LogP contribution in [0.15, 0.2) is 51.9 Å². The average molecular weight is 534 g/mol. The number of halogens is 2. The van der Waals surface area contributed by atoms with Gasteiger partial charge in [0.2, 0.25) is 0 Å². The third-order valence-electron chi connectivity index (χ3n) is 3.57. The van der Waals surface area contributed by atoms with Gasteiger partial charge in [-0.1, -0.05) is 18.2 Å². The van der Waals surface area contributed by atoms with Gasteiger partial charge in [0.05, 0.1) is 25.2 Å². The number of hydrogen-bond donors (Lipinski definition) is 2. The van der Waals surface area contributed by atoms with Gasteiger partial charge in [0.1, 0.15) is 11.5 Å². The molecule has 0 aliphatic rings. The summed E-state index contributed by atoms with van der Waals surface area (Å²) in [6.07, 6.45) is 0. The summed E-state index contributed by atoms with van der Waals surface area (Å²) in [7, 11) is 3.33. The molecule has 0 bridgehead atoms. The summed E-state index contributed by atoms with van der Waals surface area (Å²) in [5, 5.41) is 6.61. The van der Waals surface area contributed by atoms with Gasteiger partial charge in [0.25, 0.3) is 0 Å². The van der Waals surface area contributed by atoms with Gasteiger partial charge in [0.15, 0.2) is 5.96 Å². The van der Waals surface area contributed by atoms with Crippen LogP contribution in [0, 0.1) is 0 Å². The number of methoxy groups -OCH3 is 2. The molecule has 0 aliphatic heterocycles. The van der Waals surface area contributed by atoms with Gasteiger partial charge in [-0.05, 0) is 58.2 Å². The molecule has 2 aromatic rings. The Morgan fingerprint density at radius 2 is 1.85 bits per heavy atom. The number of guanidine groups is 1. The van der Waals surface area contributed by atoms with E-state index in [9.17, 15) is 0 Å². The maximum absolute atomic E-state index is 5.26. The van der Waals surface area contributed by atoms with Gasteiger partial charge in [-0.3, -0.25) is 0 Å². The maximum atomic E-state index is 5.26. The van der Waals surface area contributed by atoms with Crippen molar-refractivity contribution >= 4 is 45.9 Å². The van der Waals surface area contributed by atoms with Gasteiger partial charge in [0, 0.05) is 13.1 Å². The van der Waals surface area contributed by atoms with E-state index in [4.69, 9.17) is 9.47 Å². The summed E-state index contributed by atoms with van der Waals surface area (Å²) in [5.41, 5.74) is 2.24. The molecule has 0 fully saturated rings. The smallest absolute Gasteiger partial charge is 0.191 e. The first-order chi connectivity index (χ1) is 12.2. The van der Waals surface area contributed by atoms with Crippen LogP contribution in [0.3, 0.4) is 0 Å². The zero-order valence-corrected chi connectivity index (χ0v) is 19.1. The molecule has 0 heterocycles. The molecule has 0 radical (unpaired) electrons. The lowest BCUT2D eigenvalue weighted by Crippen LogP contribution is -2.36. The molecular formula is C19H25BrIN3O2. The molecular weight excluding hydrogens is 509 g/mol. The fourth-order valence-corrected chi connectivity index (χ4v) is 2.88. The summed E-state index contributed by atoms with van der Waals surface area (Å²) in [5.74, 6) is 2.44. The zero-order chi connectivity index (χ0) is 18.1. The first kappa shape index (κ1) is 22.6. The van der Waals surface area contributed by atoms with E-state index in [1.807, 2.05) is 49.4 Å². The highest BCUT2D eigenvalue weighted by Gasteiger charge is 2.03. The van der Waals surface area contributed by atoms with Crippen molar-refractivity contribution in [1.29, 1.82) is 0 Å². The normalized spacial score (nSPS) is 10.7. The van der Waals surface area contributed by atoms with E-state index in [-0.39, 0.29) is 24.0 Å². The van der Waals surface area contributed by atoms with Gasteiger partial charge >= 0.3 is 0 Å². The van der Waals surface area contributed by atoms with Crippen LogP contribution >= 0.6 is 39.9 Å². The van der Waals surface area contributed by atoms with Crippen molar-refractivity contribution in [3.63, 3.8) is 0 Å². The number of ether oxygens (including phenoxy) is 2. The van der Waals surface area contributed by atoms with Crippen molar-refractivity contribution in [2.75, 3.05) is 20.8 Å². The number of nitrogens with zero attached hydrogens (tertiary/aromatic N) is 1. The summed E-state index contributed by atoms with van der Waals surface area (Å²) in [6.45, 7) is 4.11. The van der Waals surface area contributed by atoms with Crippen molar-refractivity contribution < 1.29 is 9.47 Å². The molecule has 2 N–H and O–H groups in total. The minimum absolute atomic E-state index is 0. The minimum Gasteiger partial charge on any atom is -0.497 e. The minimum atomic E-state index is 0. The molecule has 0 amide bonds. The van der Waals surface area contributed by atoms with Crippen LogP contribution in [0.25, 0.3) is 0 Å². The predicted octanol–water partition coefficient (Wildman–Crippen LogP) is 4.34. The van der Waals surface area contributed by atoms with Crippen LogP contribution < -0.4 is 20.1 Å². The molecule has 7 heteroatoms. The third-order valence-corrected chi connectivity index (χ3v) is 4.19. The lowest BCUT2D eigenvalue weighted by molar-refractivity contribution is 0.412. The molecule has 2 aromatic carbocycles. The molecule has 0 spiro atoms. The fraction of sp³-hybridized carbons (Fsp3) is 0.316. The monoisotopic (exact) mass is 533 g/mol. The Bertz CT molecular complexity index is 726. The predicted molar refractivity (Wildman–Crippen MR) is 121 cm³/mol. The molecule has 0 aromatic heterocycles. The van der Waals surface area contributed by atoms with Crippen molar-refractivity contribution in [3.05, 3.63) is 58.1 Å². The number of benzene rings is 2. The van der Waals surface area contributed by atoms with E-state index in [1.165, 1.54) is 0 Å². The second-order valence-corrected chi connectivity index (χ2v) is 6.22. The number of nitrogens with one attached hydrogen (secondary N) is 2. The van der Waals surface area contributed by atoms with Crippen LogP contribution in [0.5, 0.6) is 11.5 Å². The largest absolute Gasteiger partial charge is 0.497 e. The SMILES string of the molecule is CCNC(=NCc1cccc(OC)c1)NCc1ccc(OC)c(Br)c1.I. The van der Waals surface area contributed by atoms with Gasteiger partial charge in [-0.25, -0.2) is 4.99 Å². The van der Waals surface area contributed by atoms with Crippen molar-refractivity contribution in [2.24, 2.45) is 4.99 Å². The van der Waals surface area contributed by atoms with Gasteiger partial charge < -0.3 is 20.1 Å². The van der Waals surface area contributed by atoms with Crippen molar-refractivity contribution in [2.45, 2.75) is 20.0 Å². The van der Waals surface area contributed by atoms with Crippen LogP contribution in [0.4, 0.5) is 0 Å². The van der Waals surface area contributed by atoms with E-state index < -0.39 is 0 Å². The molecule has 5 nitrogen and oxygen atoms in total. The highest BCUT2D eigenvalue weighted by atomic mass is 127. The molecule has 0 atom stereocenters. The van der Waals surface area contributed by atoms with Crippen LogP contribution in [0.1, 0.15) is 18.1 Å². The second-order valence-electron chi connectivity index (χ2n) is 5.37. The number of aliphatic imine (C=N–C) groups is 1. The Kier molecular flexibility index (Phi) is 10.4. The maximum Gasteiger partial charge on any atom is 0.191 e. The molecule has 2 rings (SSSR count). The first-order valence-corrected chi connectivity index (χ1v) is 8.93. The molecule has 142 valence electrons. The highest BCUT2D eigenvalue weighted by molar-refractivity contribution is 14.0. The van der Waals surface area contributed by atoms with E-state index in [1.54, 1.807) is 14.2 Å². The lowest BCUT2D eigenvalue weighted by atomic mass is 10.2. The molecule has 0 saturated carbocycles. The average Bonchev–Trinajstić information content (AvgIpc) is 2.64. The second kappa shape index (κ2) is 12.0. The van der Waals surface area contributed by atoms with E-state index in [0.717, 1.165) is 39.6 Å². The molecule has 0 aliphatic carbocycles. The molecule has 0 unspecified atom stereocenters. The van der Waals surface area contributed by atoms with E-state index in [0.29, 0.717) is 13.1 Å². The van der Waals surface area contributed by atoms with Crippen LogP contribution in [0.2, 0.25) is 0 Å². The quantitative estimate of drug-likeness (QED) is 0.316. The Hall–Kier alpha value is -1.48. The number of rotatable bonds is 7. The fourth-order valence-electron chi connectivity index (χ4n) is 2.29. The summed E-state index contributed by atoms with van der Waals surface area (Å²) >= 11 is 3.51. The van der Waals surface area contributed by atoms with E-state index in [2.05, 4.69) is 31.6 Å². The Labute approximate surface area is 180 Å². The highest BCUT2D eigenvalue weighted by Crippen LogP contribution is 2.25. The molecule has 0 saturated heterocycles. The van der Waals surface area contributed by atoms with Crippen molar-refractivity contribution in [3.8, 4) is 11.5 Å². The summed E-state index contributed by atoms with van der Waals surface area (Å²) in [6, 6.07) is 13.9. The number of hydrogen-bond acceptors (Lipinski definition) is 3. The Morgan fingerprint density at radius 3 is 2.50 bits per heavy atom. The molecule has 26 heavy (non-hydrogen) atoms. The van der Waals surface area contributed by atoms with Gasteiger partial charge in [-0.2, -0.15) is 0 Å². The summed E-state index contributed by atoms with van der Waals surface area (Å²) < 4.78 is 11.4. The standard InChI is InChI=1S/C19H24BrN3O2.HI/c1-4-21-19(22-12-14-6-5-7-16(10-14)24-2)23-13-15-8-9-18(25-3)17(20)11-15;/h5-11H,4,12-13H2,1-3H3,(H2,21,22,23);1H. The topological polar surface area (TPSA) is 54.9 Å². The third kappa shape index (κ3) is 7.03. The first-order valence-electron chi connectivity index (χ1n) is 8.13.